The second kappa shape index (κ2) is 6.49. The summed E-state index contributed by atoms with van der Waals surface area (Å²) in [6.07, 6.45) is 1.84. The molecule has 0 radical (unpaired) electrons. The lowest BCUT2D eigenvalue weighted by atomic mass is 10.0. The predicted molar refractivity (Wildman–Crippen MR) is 86.5 cm³/mol. The number of benzene rings is 1. The Hall–Kier alpha value is -1.59. The molecule has 1 aromatic rings. The van der Waals surface area contributed by atoms with Crippen LogP contribution in [0.2, 0.25) is 10.0 Å². The summed E-state index contributed by atoms with van der Waals surface area (Å²) in [5, 5.41) is 0.758. The van der Waals surface area contributed by atoms with Crippen LogP contribution < -0.4 is 0 Å². The maximum Gasteiger partial charge on any atom is 0.253 e. The highest BCUT2D eigenvalue weighted by atomic mass is 35.5. The number of imide groups is 1. The number of rotatable bonds is 2. The standard InChI is InChI=1S/C16H16Cl2N2O3/c17-12-2-1-10(9-13(12)18)16(23)19-7-5-11(6-8-19)20-14(21)3-4-15(20)22/h1-2,9,11H,3-8H2. The molecule has 2 heterocycles. The van der Waals surface area contributed by atoms with Crippen LogP contribution in [0.1, 0.15) is 36.0 Å². The van der Waals surface area contributed by atoms with Crippen LogP contribution in [-0.2, 0) is 9.59 Å². The molecule has 1 aromatic carbocycles. The molecule has 23 heavy (non-hydrogen) atoms. The van der Waals surface area contributed by atoms with Crippen molar-refractivity contribution in [1.82, 2.24) is 9.80 Å². The second-order valence-corrected chi connectivity index (χ2v) is 6.62. The molecule has 0 N–H and O–H groups in total. The van der Waals surface area contributed by atoms with Crippen molar-refractivity contribution in [1.29, 1.82) is 0 Å². The minimum Gasteiger partial charge on any atom is -0.338 e. The number of likely N-dealkylation sites (tertiary alicyclic amines) is 2. The van der Waals surface area contributed by atoms with E-state index in [0.29, 0.717) is 54.4 Å². The van der Waals surface area contributed by atoms with Gasteiger partial charge in [0.15, 0.2) is 0 Å². The Morgan fingerprint density at radius 2 is 1.61 bits per heavy atom. The highest BCUT2D eigenvalue weighted by Gasteiger charge is 2.37. The molecule has 5 nitrogen and oxygen atoms in total. The molecule has 2 aliphatic rings. The first-order chi connectivity index (χ1) is 11.0. The zero-order chi connectivity index (χ0) is 16.6. The Bertz CT molecular complexity index is 653. The van der Waals surface area contributed by atoms with Gasteiger partial charge in [0.05, 0.1) is 10.0 Å². The zero-order valence-corrected chi connectivity index (χ0v) is 13.9. The van der Waals surface area contributed by atoms with Crippen LogP contribution in [0.3, 0.4) is 0 Å². The summed E-state index contributed by atoms with van der Waals surface area (Å²) in [4.78, 5) is 39.2. The van der Waals surface area contributed by atoms with Crippen molar-refractivity contribution in [3.63, 3.8) is 0 Å². The van der Waals surface area contributed by atoms with E-state index in [2.05, 4.69) is 0 Å². The lowest BCUT2D eigenvalue weighted by Gasteiger charge is -2.35. The lowest BCUT2D eigenvalue weighted by Crippen LogP contribution is -2.48. The Kier molecular flexibility index (Phi) is 4.60. The molecule has 0 aromatic heterocycles. The third-order valence-corrected chi connectivity index (χ3v) is 5.11. The van der Waals surface area contributed by atoms with Gasteiger partial charge in [0.25, 0.3) is 5.91 Å². The van der Waals surface area contributed by atoms with Crippen molar-refractivity contribution in [3.8, 4) is 0 Å². The fraction of sp³-hybridized carbons (Fsp3) is 0.438. The fourth-order valence-corrected chi connectivity index (χ4v) is 3.44. The molecule has 7 heteroatoms. The third kappa shape index (κ3) is 3.21. The molecular formula is C16H16Cl2N2O3. The first-order valence-corrected chi connectivity index (χ1v) is 8.32. The van der Waals surface area contributed by atoms with Crippen LogP contribution >= 0.6 is 23.2 Å². The lowest BCUT2D eigenvalue weighted by molar-refractivity contribution is -0.141. The monoisotopic (exact) mass is 354 g/mol. The van der Waals surface area contributed by atoms with E-state index >= 15 is 0 Å². The Morgan fingerprint density at radius 1 is 1.00 bits per heavy atom. The van der Waals surface area contributed by atoms with E-state index in [1.54, 1.807) is 23.1 Å². The van der Waals surface area contributed by atoms with E-state index < -0.39 is 0 Å². The molecular weight excluding hydrogens is 339 g/mol. The third-order valence-electron chi connectivity index (χ3n) is 4.37. The maximum absolute atomic E-state index is 12.5. The fourth-order valence-electron chi connectivity index (χ4n) is 3.14. The van der Waals surface area contributed by atoms with Crippen LogP contribution in [0.25, 0.3) is 0 Å². The van der Waals surface area contributed by atoms with Gasteiger partial charge in [-0.1, -0.05) is 23.2 Å². The van der Waals surface area contributed by atoms with Crippen LogP contribution in [0.5, 0.6) is 0 Å². The Balaban J connectivity index is 1.64. The summed E-state index contributed by atoms with van der Waals surface area (Å²) in [5.41, 5.74) is 0.492. The predicted octanol–water partition coefficient (Wildman–Crippen LogP) is 2.75. The topological polar surface area (TPSA) is 57.7 Å². The normalized spacial score (nSPS) is 19.6. The van der Waals surface area contributed by atoms with Crippen LogP contribution in [0.4, 0.5) is 0 Å². The van der Waals surface area contributed by atoms with Crippen LogP contribution in [0, 0.1) is 0 Å². The van der Waals surface area contributed by atoms with E-state index in [1.807, 2.05) is 0 Å². The van der Waals surface area contributed by atoms with E-state index in [-0.39, 0.29) is 23.8 Å². The molecule has 3 rings (SSSR count). The first-order valence-electron chi connectivity index (χ1n) is 7.56. The number of carbonyl (C=O) groups excluding carboxylic acids is 3. The summed E-state index contributed by atoms with van der Waals surface area (Å²) in [6.45, 7) is 1.03. The second-order valence-electron chi connectivity index (χ2n) is 5.81. The number of hydrogen-bond donors (Lipinski definition) is 0. The number of nitrogens with zero attached hydrogens (tertiary/aromatic N) is 2. The number of halogens is 2. The van der Waals surface area contributed by atoms with E-state index in [4.69, 9.17) is 23.2 Å². The van der Waals surface area contributed by atoms with Crippen molar-refractivity contribution in [3.05, 3.63) is 33.8 Å². The van der Waals surface area contributed by atoms with E-state index in [9.17, 15) is 14.4 Å². The van der Waals surface area contributed by atoms with Crippen LogP contribution in [-0.4, -0.2) is 46.7 Å². The largest absolute Gasteiger partial charge is 0.338 e. The Morgan fingerprint density at radius 3 is 2.17 bits per heavy atom. The SMILES string of the molecule is O=C(c1ccc(Cl)c(Cl)c1)N1CCC(N2C(=O)CCC2=O)CC1. The number of carbonyl (C=O) groups is 3. The molecule has 2 saturated heterocycles. The summed E-state index contributed by atoms with van der Waals surface area (Å²) in [5.74, 6) is -0.297. The van der Waals surface area contributed by atoms with Crippen molar-refractivity contribution >= 4 is 40.9 Å². The average molecular weight is 355 g/mol. The van der Waals surface area contributed by atoms with Gasteiger partial charge in [-0.2, -0.15) is 0 Å². The highest BCUT2D eigenvalue weighted by Crippen LogP contribution is 2.26. The number of hydrogen-bond acceptors (Lipinski definition) is 3. The van der Waals surface area contributed by atoms with Crippen molar-refractivity contribution in [2.45, 2.75) is 31.7 Å². The summed E-state index contributed by atoms with van der Waals surface area (Å²) < 4.78 is 0. The molecule has 2 fully saturated rings. The van der Waals surface area contributed by atoms with Crippen molar-refractivity contribution < 1.29 is 14.4 Å². The van der Waals surface area contributed by atoms with Gasteiger partial charge in [-0.15, -0.1) is 0 Å². The smallest absolute Gasteiger partial charge is 0.253 e. The van der Waals surface area contributed by atoms with Gasteiger partial charge in [0, 0.05) is 37.5 Å². The Labute approximate surface area is 144 Å². The molecule has 3 amide bonds. The molecule has 0 saturated carbocycles. The molecule has 0 aliphatic carbocycles. The van der Waals surface area contributed by atoms with Gasteiger partial charge in [0.2, 0.25) is 11.8 Å². The zero-order valence-electron chi connectivity index (χ0n) is 12.4. The molecule has 0 bridgehead atoms. The minimum absolute atomic E-state index is 0.0876. The van der Waals surface area contributed by atoms with Gasteiger partial charge in [-0.25, -0.2) is 0 Å². The van der Waals surface area contributed by atoms with E-state index in [0.717, 1.165) is 0 Å². The van der Waals surface area contributed by atoms with Crippen molar-refractivity contribution in [2.24, 2.45) is 0 Å². The van der Waals surface area contributed by atoms with Crippen molar-refractivity contribution in [2.75, 3.05) is 13.1 Å². The molecule has 0 atom stereocenters. The summed E-state index contributed by atoms with van der Waals surface area (Å²) in [7, 11) is 0. The van der Waals surface area contributed by atoms with Crippen LogP contribution in [0.15, 0.2) is 18.2 Å². The minimum atomic E-state index is -0.110. The van der Waals surface area contributed by atoms with Gasteiger partial charge in [0.1, 0.15) is 0 Å². The molecule has 2 aliphatic heterocycles. The maximum atomic E-state index is 12.5. The number of amides is 3. The highest BCUT2D eigenvalue weighted by molar-refractivity contribution is 6.42. The first kappa shape index (κ1) is 16.3. The quantitative estimate of drug-likeness (QED) is 0.767. The summed E-state index contributed by atoms with van der Waals surface area (Å²) >= 11 is 11.8. The molecule has 0 unspecified atom stereocenters. The average Bonchev–Trinajstić information content (AvgIpc) is 2.88. The van der Waals surface area contributed by atoms with Gasteiger partial charge >= 0.3 is 0 Å². The number of piperidine rings is 1. The van der Waals surface area contributed by atoms with E-state index in [1.165, 1.54) is 4.90 Å². The molecule has 0 spiro atoms. The molecule has 122 valence electrons. The summed E-state index contributed by atoms with van der Waals surface area (Å²) in [6, 6.07) is 4.73. The van der Waals surface area contributed by atoms with Gasteiger partial charge in [-0.3, -0.25) is 19.3 Å². The van der Waals surface area contributed by atoms with Gasteiger partial charge in [-0.05, 0) is 31.0 Å². The van der Waals surface area contributed by atoms with Gasteiger partial charge < -0.3 is 4.90 Å².